The molecule has 1 N–H and O–H groups in total. The number of nitrogens with one attached hydrogen (secondary N) is 1. The van der Waals surface area contributed by atoms with Crippen molar-refractivity contribution in [1.29, 1.82) is 0 Å². The lowest BCUT2D eigenvalue weighted by Gasteiger charge is -2.19. The topological polar surface area (TPSA) is 30.5 Å². The van der Waals surface area contributed by atoms with Gasteiger partial charge in [-0.15, -0.1) is 0 Å². The van der Waals surface area contributed by atoms with Crippen LogP contribution in [-0.4, -0.2) is 39.5 Å². The van der Waals surface area contributed by atoms with Gasteiger partial charge in [0.05, 0.1) is 19.8 Å². The molecule has 20 heavy (non-hydrogen) atoms. The maximum Gasteiger partial charge on any atom is 0.129 e. The summed E-state index contributed by atoms with van der Waals surface area (Å²) in [4.78, 5) is 0. The van der Waals surface area contributed by atoms with Gasteiger partial charge in [0.15, 0.2) is 0 Å². The Kier molecular flexibility index (Phi) is 8.34. The van der Waals surface area contributed by atoms with Gasteiger partial charge < -0.3 is 14.8 Å². The van der Waals surface area contributed by atoms with Crippen LogP contribution in [0.4, 0.5) is 8.78 Å². The summed E-state index contributed by atoms with van der Waals surface area (Å²) >= 11 is 0. The third kappa shape index (κ3) is 6.41. The molecule has 1 aromatic rings. The summed E-state index contributed by atoms with van der Waals surface area (Å²) in [7, 11) is 1.62. The molecule has 1 aromatic carbocycles. The third-order valence-electron chi connectivity index (χ3n) is 2.92. The lowest BCUT2D eigenvalue weighted by Crippen LogP contribution is -2.36. The first-order valence-corrected chi connectivity index (χ1v) is 6.91. The van der Waals surface area contributed by atoms with Crippen molar-refractivity contribution in [3.8, 4) is 0 Å². The van der Waals surface area contributed by atoms with Gasteiger partial charge in [0, 0.05) is 19.2 Å². The maximum atomic E-state index is 13.6. The molecular weight excluding hydrogens is 264 g/mol. The van der Waals surface area contributed by atoms with Crippen LogP contribution in [0.3, 0.4) is 0 Å². The SMILES string of the molecule is CCCNC(COCCOC)Cc1ccc(F)cc1F. The number of halogens is 2. The molecule has 0 aliphatic heterocycles. The zero-order chi connectivity index (χ0) is 14.8. The van der Waals surface area contributed by atoms with Crippen LogP contribution in [0.2, 0.25) is 0 Å². The van der Waals surface area contributed by atoms with Crippen LogP contribution in [-0.2, 0) is 15.9 Å². The van der Waals surface area contributed by atoms with E-state index in [1.165, 1.54) is 12.1 Å². The second kappa shape index (κ2) is 9.80. The number of methoxy groups -OCH3 is 1. The Bertz CT molecular complexity index is 388. The van der Waals surface area contributed by atoms with Crippen molar-refractivity contribution in [2.24, 2.45) is 0 Å². The number of hydrogen-bond donors (Lipinski definition) is 1. The summed E-state index contributed by atoms with van der Waals surface area (Å²) < 4.78 is 36.9. The highest BCUT2D eigenvalue weighted by Crippen LogP contribution is 2.12. The van der Waals surface area contributed by atoms with Gasteiger partial charge >= 0.3 is 0 Å². The summed E-state index contributed by atoms with van der Waals surface area (Å²) in [5, 5.41) is 3.31. The fraction of sp³-hybridized carbons (Fsp3) is 0.600. The molecule has 3 nitrogen and oxygen atoms in total. The highest BCUT2D eigenvalue weighted by molar-refractivity contribution is 5.19. The van der Waals surface area contributed by atoms with Crippen molar-refractivity contribution < 1.29 is 18.3 Å². The Hall–Kier alpha value is -1.04. The van der Waals surface area contributed by atoms with E-state index >= 15 is 0 Å². The van der Waals surface area contributed by atoms with E-state index in [-0.39, 0.29) is 6.04 Å². The van der Waals surface area contributed by atoms with E-state index in [2.05, 4.69) is 12.2 Å². The van der Waals surface area contributed by atoms with E-state index < -0.39 is 11.6 Å². The molecule has 0 heterocycles. The van der Waals surface area contributed by atoms with E-state index in [9.17, 15) is 8.78 Å². The molecule has 0 aliphatic rings. The van der Waals surface area contributed by atoms with Crippen LogP contribution >= 0.6 is 0 Å². The van der Waals surface area contributed by atoms with Crippen LogP contribution in [0.15, 0.2) is 18.2 Å². The number of ether oxygens (including phenoxy) is 2. The monoisotopic (exact) mass is 287 g/mol. The predicted molar refractivity (Wildman–Crippen MR) is 74.8 cm³/mol. The molecule has 0 saturated heterocycles. The Balaban J connectivity index is 2.53. The fourth-order valence-corrected chi connectivity index (χ4v) is 1.86. The van der Waals surface area contributed by atoms with E-state index in [4.69, 9.17) is 9.47 Å². The fourth-order valence-electron chi connectivity index (χ4n) is 1.86. The third-order valence-corrected chi connectivity index (χ3v) is 2.92. The van der Waals surface area contributed by atoms with Crippen LogP contribution in [0.25, 0.3) is 0 Å². The first kappa shape index (κ1) is 17.0. The maximum absolute atomic E-state index is 13.6. The van der Waals surface area contributed by atoms with Crippen molar-refractivity contribution in [2.75, 3.05) is 33.5 Å². The van der Waals surface area contributed by atoms with Crippen molar-refractivity contribution in [3.05, 3.63) is 35.4 Å². The number of rotatable bonds is 10. The molecule has 0 saturated carbocycles. The zero-order valence-corrected chi connectivity index (χ0v) is 12.1. The minimum Gasteiger partial charge on any atom is -0.382 e. The summed E-state index contributed by atoms with van der Waals surface area (Å²) in [6, 6.07) is 3.69. The Morgan fingerprint density at radius 2 is 2.05 bits per heavy atom. The van der Waals surface area contributed by atoms with E-state index in [0.29, 0.717) is 31.8 Å². The van der Waals surface area contributed by atoms with Crippen molar-refractivity contribution in [2.45, 2.75) is 25.8 Å². The first-order valence-electron chi connectivity index (χ1n) is 6.91. The van der Waals surface area contributed by atoms with Crippen molar-refractivity contribution in [3.63, 3.8) is 0 Å². The van der Waals surface area contributed by atoms with Crippen molar-refractivity contribution >= 4 is 0 Å². The average molecular weight is 287 g/mol. The van der Waals surface area contributed by atoms with Gasteiger partial charge in [-0.2, -0.15) is 0 Å². The minimum atomic E-state index is -0.555. The molecule has 0 spiro atoms. The summed E-state index contributed by atoms with van der Waals surface area (Å²) in [5.41, 5.74) is 0.496. The minimum absolute atomic E-state index is 0.00627. The largest absolute Gasteiger partial charge is 0.382 e. The molecule has 5 heteroatoms. The molecule has 0 amide bonds. The molecule has 0 fully saturated rings. The molecule has 0 aliphatic carbocycles. The Morgan fingerprint density at radius 3 is 2.70 bits per heavy atom. The first-order chi connectivity index (χ1) is 9.67. The van der Waals surface area contributed by atoms with Gasteiger partial charge in [-0.05, 0) is 31.0 Å². The second-order valence-electron chi connectivity index (χ2n) is 4.66. The van der Waals surface area contributed by atoms with Gasteiger partial charge in [0.2, 0.25) is 0 Å². The zero-order valence-electron chi connectivity index (χ0n) is 12.1. The smallest absolute Gasteiger partial charge is 0.129 e. The molecule has 114 valence electrons. The highest BCUT2D eigenvalue weighted by atomic mass is 19.1. The standard InChI is InChI=1S/C15H23F2NO2/c1-3-6-18-14(11-20-8-7-19-2)9-12-4-5-13(16)10-15(12)17/h4-5,10,14,18H,3,6-9,11H2,1-2H3. The molecule has 1 atom stereocenters. The van der Waals surface area contributed by atoms with Gasteiger partial charge in [0.1, 0.15) is 11.6 Å². The summed E-state index contributed by atoms with van der Waals surface area (Å²) in [6.45, 7) is 4.41. The average Bonchev–Trinajstić information content (AvgIpc) is 2.43. The molecule has 0 radical (unpaired) electrons. The summed E-state index contributed by atoms with van der Waals surface area (Å²) in [5.74, 6) is -1.06. The lowest BCUT2D eigenvalue weighted by atomic mass is 10.1. The second-order valence-corrected chi connectivity index (χ2v) is 4.66. The normalized spacial score (nSPS) is 12.6. The van der Waals surface area contributed by atoms with Crippen LogP contribution in [0.1, 0.15) is 18.9 Å². The lowest BCUT2D eigenvalue weighted by molar-refractivity contribution is 0.0586. The Labute approximate surface area is 119 Å². The van der Waals surface area contributed by atoms with E-state index in [1.54, 1.807) is 7.11 Å². The number of benzene rings is 1. The van der Waals surface area contributed by atoms with Gasteiger partial charge in [-0.1, -0.05) is 13.0 Å². The molecular formula is C15H23F2NO2. The Morgan fingerprint density at radius 1 is 1.25 bits per heavy atom. The quantitative estimate of drug-likeness (QED) is 0.671. The number of hydrogen-bond acceptors (Lipinski definition) is 3. The molecule has 1 rings (SSSR count). The molecule has 1 unspecified atom stereocenters. The van der Waals surface area contributed by atoms with Gasteiger partial charge in [-0.25, -0.2) is 8.78 Å². The summed E-state index contributed by atoms with van der Waals surface area (Å²) in [6.07, 6.45) is 1.46. The molecule has 0 aromatic heterocycles. The van der Waals surface area contributed by atoms with Gasteiger partial charge in [-0.3, -0.25) is 0 Å². The predicted octanol–water partition coefficient (Wildman–Crippen LogP) is 2.54. The van der Waals surface area contributed by atoms with Crippen LogP contribution < -0.4 is 5.32 Å². The van der Waals surface area contributed by atoms with Crippen LogP contribution in [0.5, 0.6) is 0 Å². The van der Waals surface area contributed by atoms with Crippen molar-refractivity contribution in [1.82, 2.24) is 5.32 Å². The van der Waals surface area contributed by atoms with Gasteiger partial charge in [0.25, 0.3) is 0 Å². The van der Waals surface area contributed by atoms with E-state index in [1.807, 2.05) is 0 Å². The van der Waals surface area contributed by atoms with Crippen LogP contribution in [0, 0.1) is 11.6 Å². The molecule has 0 bridgehead atoms. The van der Waals surface area contributed by atoms with E-state index in [0.717, 1.165) is 19.0 Å². The highest BCUT2D eigenvalue weighted by Gasteiger charge is 2.12.